The van der Waals surface area contributed by atoms with E-state index >= 15 is 0 Å². The third-order valence-electron chi connectivity index (χ3n) is 4.85. The molecule has 1 fully saturated rings. The van der Waals surface area contributed by atoms with Crippen LogP contribution in [0, 0.1) is 12.8 Å². The van der Waals surface area contributed by atoms with Crippen molar-refractivity contribution >= 4 is 17.3 Å². The van der Waals surface area contributed by atoms with Crippen molar-refractivity contribution in [2.24, 2.45) is 5.92 Å². The maximum Gasteiger partial charge on any atom is 0.326 e. The zero-order valence-corrected chi connectivity index (χ0v) is 18.3. The third kappa shape index (κ3) is 4.58. The van der Waals surface area contributed by atoms with Crippen LogP contribution in [0.15, 0.2) is 24.0 Å². The van der Waals surface area contributed by atoms with Crippen LogP contribution in [0.3, 0.4) is 0 Å². The molecule has 2 aromatic rings. The van der Waals surface area contributed by atoms with Gasteiger partial charge in [0.15, 0.2) is 0 Å². The summed E-state index contributed by atoms with van der Waals surface area (Å²) in [6, 6.07) is -0.0942. The first-order chi connectivity index (χ1) is 13.1. The Bertz CT molecular complexity index is 799. The molecule has 1 aliphatic rings. The number of thiazole rings is 1. The molecular weight excluding hydrogens is 372 g/mol. The Balaban J connectivity index is 2.01. The summed E-state index contributed by atoms with van der Waals surface area (Å²) in [7, 11) is 0. The predicted molar refractivity (Wildman–Crippen MR) is 110 cm³/mol. The summed E-state index contributed by atoms with van der Waals surface area (Å²) in [6.07, 6.45) is 6.71. The number of nitrogens with zero attached hydrogens (tertiary/aromatic N) is 3. The Morgan fingerprint density at radius 3 is 2.61 bits per heavy atom. The largest absolute Gasteiger partial charge is 0.459 e. The monoisotopic (exact) mass is 402 g/mol. The molecule has 0 aromatic carbocycles. The summed E-state index contributed by atoms with van der Waals surface area (Å²) in [5, 5.41) is 6.55. The molecule has 2 aromatic heterocycles. The van der Waals surface area contributed by atoms with E-state index in [1.54, 1.807) is 23.7 Å². The lowest BCUT2D eigenvalue weighted by Crippen LogP contribution is -2.52. The third-order valence-corrected chi connectivity index (χ3v) is 5.71. The Morgan fingerprint density at radius 1 is 1.32 bits per heavy atom. The Hall–Kier alpha value is -1.86. The van der Waals surface area contributed by atoms with E-state index in [-0.39, 0.29) is 17.9 Å². The summed E-state index contributed by atoms with van der Waals surface area (Å²) in [5.41, 5.74) is 0.449. The number of esters is 1. The van der Waals surface area contributed by atoms with Crippen LogP contribution in [-0.4, -0.2) is 32.1 Å². The van der Waals surface area contributed by atoms with Gasteiger partial charge in [0.1, 0.15) is 16.1 Å². The predicted octanol–water partition coefficient (Wildman–Crippen LogP) is 4.19. The minimum atomic E-state index is -0.769. The molecule has 3 atom stereocenters. The lowest BCUT2D eigenvalue weighted by molar-refractivity contribution is -0.163. The SMILES string of the molecule is Cc1cnc([C@H]2C[C@@](CC(C)C)(C(=O)OC(C)(C)C)N[C@H]2c2nccs2)cn1. The molecule has 0 radical (unpaired) electrons. The van der Waals surface area contributed by atoms with E-state index in [0.29, 0.717) is 18.8 Å². The fourth-order valence-electron chi connectivity index (χ4n) is 3.88. The summed E-state index contributed by atoms with van der Waals surface area (Å²) >= 11 is 1.59. The van der Waals surface area contributed by atoms with E-state index < -0.39 is 11.1 Å². The van der Waals surface area contributed by atoms with Gasteiger partial charge in [-0.3, -0.25) is 20.1 Å². The first-order valence-electron chi connectivity index (χ1n) is 9.79. The summed E-state index contributed by atoms with van der Waals surface area (Å²) in [6.45, 7) is 11.9. The van der Waals surface area contributed by atoms with E-state index in [2.05, 4.69) is 34.1 Å². The molecule has 28 heavy (non-hydrogen) atoms. The van der Waals surface area contributed by atoms with Crippen LogP contribution < -0.4 is 5.32 Å². The number of carbonyl (C=O) groups is 1. The van der Waals surface area contributed by atoms with Gasteiger partial charge in [-0.05, 0) is 46.5 Å². The Labute approximate surface area is 171 Å². The van der Waals surface area contributed by atoms with Crippen molar-refractivity contribution in [3.05, 3.63) is 40.4 Å². The Kier molecular flexibility index (Phi) is 5.87. The number of carbonyl (C=O) groups excluding carboxylic acids is 1. The van der Waals surface area contributed by atoms with Crippen LogP contribution in [0.1, 0.15) is 75.8 Å². The first-order valence-corrected chi connectivity index (χ1v) is 10.7. The fourth-order valence-corrected chi connectivity index (χ4v) is 4.63. The molecule has 0 saturated carbocycles. The Morgan fingerprint density at radius 2 is 2.07 bits per heavy atom. The maximum absolute atomic E-state index is 13.3. The molecular formula is C21H30N4O2S. The molecule has 0 amide bonds. The van der Waals surface area contributed by atoms with Crippen LogP contribution in [0.5, 0.6) is 0 Å². The molecule has 0 unspecified atom stereocenters. The second-order valence-electron chi connectivity index (χ2n) is 9.07. The van der Waals surface area contributed by atoms with Crippen molar-refractivity contribution in [3.8, 4) is 0 Å². The van der Waals surface area contributed by atoms with Crippen molar-refractivity contribution in [1.82, 2.24) is 20.3 Å². The topological polar surface area (TPSA) is 77.0 Å². The fraction of sp³-hybridized carbons (Fsp3) is 0.619. The highest BCUT2D eigenvalue weighted by Crippen LogP contribution is 2.47. The number of aryl methyl sites for hydroxylation is 1. The van der Waals surface area contributed by atoms with E-state index in [1.807, 2.05) is 39.3 Å². The molecule has 1 N–H and O–H groups in total. The molecule has 152 valence electrons. The van der Waals surface area contributed by atoms with Crippen molar-refractivity contribution in [3.63, 3.8) is 0 Å². The first kappa shape index (κ1) is 20.9. The molecule has 3 rings (SSSR count). The van der Waals surface area contributed by atoms with Crippen molar-refractivity contribution in [1.29, 1.82) is 0 Å². The van der Waals surface area contributed by atoms with Gasteiger partial charge < -0.3 is 4.74 Å². The lowest BCUT2D eigenvalue weighted by atomic mass is 9.83. The molecule has 1 saturated heterocycles. The highest BCUT2D eigenvalue weighted by Gasteiger charge is 2.53. The number of nitrogens with one attached hydrogen (secondary N) is 1. The molecule has 0 aliphatic carbocycles. The molecule has 1 aliphatic heterocycles. The average Bonchev–Trinajstić information content (AvgIpc) is 3.21. The number of hydrogen-bond acceptors (Lipinski definition) is 7. The second-order valence-corrected chi connectivity index (χ2v) is 9.99. The van der Waals surface area contributed by atoms with Crippen LogP contribution >= 0.6 is 11.3 Å². The van der Waals surface area contributed by atoms with Gasteiger partial charge in [0.2, 0.25) is 0 Å². The standard InChI is InChI=1S/C21H30N4O2S/c1-13(2)9-21(19(26)27-20(4,5)6)10-15(16-12-23-14(3)11-24-16)17(25-21)18-22-7-8-28-18/h7-8,11-13,15,17,25H,9-10H2,1-6H3/t15-,17-,21+/m1/s1. The molecule has 3 heterocycles. The average molecular weight is 403 g/mol. The lowest BCUT2D eigenvalue weighted by Gasteiger charge is -2.33. The number of ether oxygens (including phenoxy) is 1. The summed E-state index contributed by atoms with van der Waals surface area (Å²) in [5.74, 6) is 0.142. The normalized spacial score (nSPS) is 25.2. The van der Waals surface area contributed by atoms with Gasteiger partial charge in [-0.1, -0.05) is 13.8 Å². The minimum absolute atomic E-state index is 0.00511. The minimum Gasteiger partial charge on any atom is -0.459 e. The van der Waals surface area contributed by atoms with Gasteiger partial charge in [-0.2, -0.15) is 0 Å². The number of hydrogen-bond donors (Lipinski definition) is 1. The molecule has 6 nitrogen and oxygen atoms in total. The van der Waals surface area contributed by atoms with Crippen LogP contribution in [0.25, 0.3) is 0 Å². The van der Waals surface area contributed by atoms with E-state index in [0.717, 1.165) is 16.4 Å². The van der Waals surface area contributed by atoms with Gasteiger partial charge >= 0.3 is 5.97 Å². The molecule has 0 bridgehead atoms. The zero-order valence-electron chi connectivity index (χ0n) is 17.5. The summed E-state index contributed by atoms with van der Waals surface area (Å²) < 4.78 is 5.84. The van der Waals surface area contributed by atoms with Crippen LogP contribution in [0.2, 0.25) is 0 Å². The second kappa shape index (κ2) is 7.87. The van der Waals surface area contributed by atoms with Crippen molar-refractivity contribution in [2.75, 3.05) is 0 Å². The van der Waals surface area contributed by atoms with Gasteiger partial charge in [0.05, 0.1) is 17.4 Å². The highest BCUT2D eigenvalue weighted by molar-refractivity contribution is 7.09. The van der Waals surface area contributed by atoms with E-state index in [9.17, 15) is 4.79 Å². The van der Waals surface area contributed by atoms with E-state index in [1.165, 1.54) is 0 Å². The van der Waals surface area contributed by atoms with Crippen molar-refractivity contribution < 1.29 is 9.53 Å². The number of rotatable bonds is 5. The van der Waals surface area contributed by atoms with Crippen molar-refractivity contribution in [2.45, 2.75) is 77.5 Å². The number of aromatic nitrogens is 3. The van der Waals surface area contributed by atoms with Gasteiger partial charge in [0.25, 0.3) is 0 Å². The quantitative estimate of drug-likeness (QED) is 0.756. The van der Waals surface area contributed by atoms with Crippen LogP contribution in [0.4, 0.5) is 0 Å². The maximum atomic E-state index is 13.3. The highest BCUT2D eigenvalue weighted by atomic mass is 32.1. The zero-order chi connectivity index (χ0) is 20.5. The van der Waals surface area contributed by atoms with Gasteiger partial charge in [-0.15, -0.1) is 11.3 Å². The van der Waals surface area contributed by atoms with Gasteiger partial charge in [0, 0.05) is 29.9 Å². The summed E-state index contributed by atoms with van der Waals surface area (Å²) in [4.78, 5) is 26.9. The molecule has 7 heteroatoms. The van der Waals surface area contributed by atoms with Gasteiger partial charge in [-0.25, -0.2) is 4.98 Å². The smallest absolute Gasteiger partial charge is 0.326 e. The van der Waals surface area contributed by atoms with E-state index in [4.69, 9.17) is 4.74 Å². The van der Waals surface area contributed by atoms with Crippen LogP contribution in [-0.2, 0) is 9.53 Å². The molecule has 0 spiro atoms.